The van der Waals surface area contributed by atoms with Gasteiger partial charge in [0.1, 0.15) is 16.4 Å². The van der Waals surface area contributed by atoms with E-state index in [1.807, 2.05) is 0 Å². The molecule has 1 atom stereocenters. The third kappa shape index (κ3) is 6.25. The molecule has 0 unspecified atom stereocenters. The Morgan fingerprint density at radius 1 is 1.06 bits per heavy atom. The molecule has 0 spiro atoms. The molecule has 4 aromatic rings. The van der Waals surface area contributed by atoms with Gasteiger partial charge in [-0.05, 0) is 30.4 Å². The number of imidazole rings is 1. The predicted molar refractivity (Wildman–Crippen MR) is 129 cm³/mol. The van der Waals surface area contributed by atoms with Gasteiger partial charge in [0.05, 0.1) is 29.6 Å². The lowest BCUT2D eigenvalue weighted by Gasteiger charge is -2.16. The molecule has 3 aromatic heterocycles. The van der Waals surface area contributed by atoms with E-state index >= 15 is 0 Å². The lowest BCUT2D eigenvalue weighted by Crippen LogP contribution is -2.28. The smallest absolute Gasteiger partial charge is 0.370 e. The highest BCUT2D eigenvalue weighted by atomic mass is 32.1. The maximum Gasteiger partial charge on any atom is 0.433 e. The number of aromatic nitrogens is 4. The quantitative estimate of drug-likeness (QED) is 0.256. The Balaban J connectivity index is 1.53. The number of primary amides is 1. The molecule has 0 aliphatic carbocycles. The first-order valence-electron chi connectivity index (χ1n) is 11.2. The van der Waals surface area contributed by atoms with E-state index in [-0.39, 0.29) is 11.8 Å². The van der Waals surface area contributed by atoms with Crippen molar-refractivity contribution >= 4 is 33.9 Å². The summed E-state index contributed by atoms with van der Waals surface area (Å²) in [6.45, 7) is 0. The molecule has 36 heavy (non-hydrogen) atoms. The van der Waals surface area contributed by atoms with Crippen LogP contribution in [-0.2, 0) is 11.0 Å². The summed E-state index contributed by atoms with van der Waals surface area (Å²) in [5.74, 6) is -0.0702. The normalized spacial score (nSPS) is 12.5. The zero-order valence-corrected chi connectivity index (χ0v) is 19.8. The maximum absolute atomic E-state index is 13.0. The SMILES string of the molecule is NC(=O)CCCCC[C@H](NC(=O)c1cncs1)c1ncc(-c2ccc3cc(C(F)(F)F)ncc3c2)[nH]1. The fourth-order valence-corrected chi connectivity index (χ4v) is 4.31. The predicted octanol–water partition coefficient (Wildman–Crippen LogP) is 5.01. The average molecular weight is 517 g/mol. The first-order chi connectivity index (χ1) is 17.2. The van der Waals surface area contributed by atoms with E-state index in [0.717, 1.165) is 24.5 Å². The standard InChI is InChI=1S/C24H23F3N6O2S/c25-24(26,27)20-9-14-6-7-15(8-16(14)10-30-20)18-11-31-22(32-18)17(4-2-1-3-5-21(28)34)33-23(35)19-12-29-13-36-19/h6-13,17H,1-5H2,(H2,28,34)(H,31,32)(H,33,35)/t17-/m0/s1. The summed E-state index contributed by atoms with van der Waals surface area (Å²) in [5.41, 5.74) is 7.20. The van der Waals surface area contributed by atoms with E-state index in [9.17, 15) is 22.8 Å². The van der Waals surface area contributed by atoms with Gasteiger partial charge in [-0.2, -0.15) is 13.2 Å². The Labute approximate surface area is 208 Å². The number of aromatic amines is 1. The van der Waals surface area contributed by atoms with Gasteiger partial charge in [-0.15, -0.1) is 11.3 Å². The van der Waals surface area contributed by atoms with Crippen LogP contribution in [0.5, 0.6) is 0 Å². The van der Waals surface area contributed by atoms with Crippen LogP contribution < -0.4 is 11.1 Å². The number of carbonyl (C=O) groups is 2. The van der Waals surface area contributed by atoms with Crippen molar-refractivity contribution < 1.29 is 22.8 Å². The number of amides is 2. The van der Waals surface area contributed by atoms with E-state index in [1.165, 1.54) is 23.7 Å². The molecule has 0 fully saturated rings. The van der Waals surface area contributed by atoms with Gasteiger partial charge in [0.25, 0.3) is 5.91 Å². The van der Waals surface area contributed by atoms with E-state index < -0.39 is 17.9 Å². The minimum absolute atomic E-state index is 0.269. The van der Waals surface area contributed by atoms with Crippen LogP contribution in [-0.4, -0.2) is 31.8 Å². The number of rotatable bonds is 10. The molecule has 0 bridgehead atoms. The van der Waals surface area contributed by atoms with Gasteiger partial charge in [-0.3, -0.25) is 19.6 Å². The van der Waals surface area contributed by atoms with E-state index in [1.54, 1.807) is 29.9 Å². The lowest BCUT2D eigenvalue weighted by molar-refractivity contribution is -0.141. The second-order valence-electron chi connectivity index (χ2n) is 8.27. The summed E-state index contributed by atoms with van der Waals surface area (Å²) < 4.78 is 38.9. The molecule has 2 amide bonds. The first kappa shape index (κ1) is 25.3. The fraction of sp³-hybridized carbons (Fsp3) is 0.292. The number of nitrogens with zero attached hydrogens (tertiary/aromatic N) is 3. The highest BCUT2D eigenvalue weighted by molar-refractivity contribution is 7.11. The number of H-pyrrole nitrogens is 1. The zero-order chi connectivity index (χ0) is 25.7. The molecule has 0 aliphatic heterocycles. The van der Waals surface area contributed by atoms with Crippen LogP contribution in [0.4, 0.5) is 13.2 Å². The van der Waals surface area contributed by atoms with Crippen LogP contribution in [0.1, 0.15) is 59.3 Å². The number of halogens is 3. The topological polar surface area (TPSA) is 127 Å². The van der Waals surface area contributed by atoms with Crippen molar-refractivity contribution in [3.63, 3.8) is 0 Å². The summed E-state index contributed by atoms with van der Waals surface area (Å²) in [4.78, 5) is 39.3. The average Bonchev–Trinajstić information content (AvgIpc) is 3.54. The molecule has 0 saturated carbocycles. The van der Waals surface area contributed by atoms with Crippen LogP contribution >= 0.6 is 11.3 Å². The number of unbranched alkanes of at least 4 members (excludes halogenated alkanes) is 2. The van der Waals surface area contributed by atoms with E-state index in [4.69, 9.17) is 5.73 Å². The number of thiazole rings is 1. The van der Waals surface area contributed by atoms with Crippen LogP contribution in [0, 0.1) is 0 Å². The Hall–Kier alpha value is -3.80. The Morgan fingerprint density at radius 3 is 2.61 bits per heavy atom. The van der Waals surface area contributed by atoms with Crippen molar-refractivity contribution in [3.8, 4) is 11.3 Å². The van der Waals surface area contributed by atoms with Crippen LogP contribution in [0.3, 0.4) is 0 Å². The van der Waals surface area contributed by atoms with Crippen molar-refractivity contribution in [1.29, 1.82) is 0 Å². The number of carbonyl (C=O) groups excluding carboxylic acids is 2. The second kappa shape index (κ2) is 10.9. The number of nitrogens with one attached hydrogen (secondary N) is 2. The van der Waals surface area contributed by atoms with Crippen molar-refractivity contribution in [3.05, 3.63) is 64.8 Å². The molecule has 4 N–H and O–H groups in total. The third-order valence-electron chi connectivity index (χ3n) is 5.63. The third-order valence-corrected chi connectivity index (χ3v) is 6.40. The van der Waals surface area contributed by atoms with Gasteiger partial charge < -0.3 is 16.0 Å². The fourth-order valence-electron chi connectivity index (χ4n) is 3.78. The number of fused-ring (bicyclic) bond motifs is 1. The van der Waals surface area contributed by atoms with Crippen LogP contribution in [0.15, 0.2) is 48.4 Å². The molecule has 3 heterocycles. The lowest BCUT2D eigenvalue weighted by atomic mass is 10.1. The largest absolute Gasteiger partial charge is 0.433 e. The summed E-state index contributed by atoms with van der Waals surface area (Å²) in [5, 5.41) is 3.96. The molecule has 1 aromatic carbocycles. The van der Waals surface area contributed by atoms with Gasteiger partial charge in [0.15, 0.2) is 0 Å². The number of hydrogen-bond acceptors (Lipinski definition) is 6. The molecular formula is C24H23F3N6O2S. The van der Waals surface area contributed by atoms with Gasteiger partial charge in [-0.25, -0.2) is 4.98 Å². The highest BCUT2D eigenvalue weighted by Gasteiger charge is 2.32. The maximum atomic E-state index is 13.0. The second-order valence-corrected chi connectivity index (χ2v) is 9.16. The number of benzene rings is 1. The number of alkyl halides is 3. The number of hydrogen-bond donors (Lipinski definition) is 3. The first-order valence-corrected chi connectivity index (χ1v) is 12.1. The summed E-state index contributed by atoms with van der Waals surface area (Å²) in [7, 11) is 0. The summed E-state index contributed by atoms with van der Waals surface area (Å²) in [6.07, 6.45) is 2.85. The van der Waals surface area contributed by atoms with Gasteiger partial charge in [0.2, 0.25) is 5.91 Å². The Bertz CT molecular complexity index is 1350. The van der Waals surface area contributed by atoms with Crippen LogP contribution in [0.25, 0.3) is 22.0 Å². The van der Waals surface area contributed by atoms with Crippen molar-refractivity contribution in [2.75, 3.05) is 0 Å². The van der Waals surface area contributed by atoms with Crippen molar-refractivity contribution in [1.82, 2.24) is 25.3 Å². The summed E-state index contributed by atoms with van der Waals surface area (Å²) in [6, 6.07) is 5.63. The van der Waals surface area contributed by atoms with E-state index in [2.05, 4.69) is 25.3 Å². The minimum Gasteiger partial charge on any atom is -0.370 e. The summed E-state index contributed by atoms with van der Waals surface area (Å²) >= 11 is 1.23. The minimum atomic E-state index is -4.51. The molecule has 0 radical (unpaired) electrons. The molecule has 0 saturated heterocycles. The molecular weight excluding hydrogens is 493 g/mol. The highest BCUT2D eigenvalue weighted by Crippen LogP contribution is 2.31. The van der Waals surface area contributed by atoms with Crippen molar-refractivity contribution in [2.24, 2.45) is 5.73 Å². The van der Waals surface area contributed by atoms with Gasteiger partial charge in [-0.1, -0.05) is 25.0 Å². The molecule has 4 rings (SSSR count). The van der Waals surface area contributed by atoms with Gasteiger partial charge >= 0.3 is 6.18 Å². The monoisotopic (exact) mass is 516 g/mol. The zero-order valence-electron chi connectivity index (χ0n) is 19.0. The molecule has 12 heteroatoms. The number of pyridine rings is 1. The molecule has 188 valence electrons. The van der Waals surface area contributed by atoms with Gasteiger partial charge in [0, 0.05) is 23.6 Å². The Kier molecular flexibility index (Phi) is 7.63. The van der Waals surface area contributed by atoms with Crippen molar-refractivity contribution in [2.45, 2.75) is 44.3 Å². The van der Waals surface area contributed by atoms with E-state index in [0.29, 0.717) is 46.4 Å². The Morgan fingerprint density at radius 2 is 1.89 bits per heavy atom. The number of nitrogens with two attached hydrogens (primary N) is 1. The molecule has 0 aliphatic rings. The van der Waals surface area contributed by atoms with Crippen LogP contribution in [0.2, 0.25) is 0 Å². The molecule has 8 nitrogen and oxygen atoms in total.